The Balaban J connectivity index is 1.87. The minimum atomic E-state index is -0.168. The molecule has 1 fully saturated rings. The summed E-state index contributed by atoms with van der Waals surface area (Å²) in [6.45, 7) is 4.87. The molecule has 0 unspecified atom stereocenters. The van der Waals surface area contributed by atoms with Crippen LogP contribution < -0.4 is 10.1 Å². The fraction of sp³-hybridized carbons (Fsp3) is 0.579. The van der Waals surface area contributed by atoms with Gasteiger partial charge in [0.25, 0.3) is 5.91 Å². The van der Waals surface area contributed by atoms with E-state index < -0.39 is 0 Å². The third kappa shape index (κ3) is 5.48. The van der Waals surface area contributed by atoms with Crippen molar-refractivity contribution in [2.75, 3.05) is 13.7 Å². The molecule has 1 aromatic carbocycles. The van der Waals surface area contributed by atoms with Crippen molar-refractivity contribution in [3.63, 3.8) is 0 Å². The fourth-order valence-electron chi connectivity index (χ4n) is 2.86. The molecule has 0 spiro atoms. The molecule has 4 nitrogen and oxygen atoms in total. The highest BCUT2D eigenvalue weighted by Crippen LogP contribution is 2.21. The van der Waals surface area contributed by atoms with Crippen LogP contribution in [0.4, 0.5) is 0 Å². The minimum absolute atomic E-state index is 0.168. The number of ether oxygens (including phenoxy) is 1. The Morgan fingerprint density at radius 3 is 2.46 bits per heavy atom. The average molecular weight is 349 g/mol. The number of carbonyl (C=O) groups is 1. The predicted octanol–water partition coefficient (Wildman–Crippen LogP) is 4.00. The van der Waals surface area contributed by atoms with Crippen LogP contribution in [0.1, 0.15) is 56.3 Å². The lowest BCUT2D eigenvalue weighted by molar-refractivity contribution is 0.0971. The van der Waals surface area contributed by atoms with E-state index in [9.17, 15) is 4.79 Å². The summed E-state index contributed by atoms with van der Waals surface area (Å²) in [6, 6.07) is 7.64. The minimum Gasteiger partial charge on any atom is -0.493 e. The van der Waals surface area contributed by atoms with Gasteiger partial charge in [0.15, 0.2) is 5.11 Å². The number of hydrogen-bond acceptors (Lipinski definition) is 3. The molecule has 2 rings (SSSR count). The molecular weight excluding hydrogens is 320 g/mol. The molecule has 0 saturated heterocycles. The number of amides is 1. The third-order valence-corrected chi connectivity index (χ3v) is 4.75. The molecule has 5 heteroatoms. The molecule has 1 amide bonds. The second-order valence-electron chi connectivity index (χ2n) is 6.89. The van der Waals surface area contributed by atoms with Crippen LogP contribution in [0.2, 0.25) is 0 Å². The summed E-state index contributed by atoms with van der Waals surface area (Å²) in [6.07, 6.45) is 6.07. The molecule has 1 N–H and O–H groups in total. The molecule has 0 aromatic heterocycles. The van der Waals surface area contributed by atoms with Gasteiger partial charge in [-0.3, -0.25) is 10.1 Å². The van der Waals surface area contributed by atoms with Crippen LogP contribution >= 0.6 is 12.2 Å². The van der Waals surface area contributed by atoms with Gasteiger partial charge in [-0.05, 0) is 55.2 Å². The lowest BCUT2D eigenvalue weighted by Gasteiger charge is -2.32. The molecule has 132 valence electrons. The topological polar surface area (TPSA) is 41.6 Å². The first kappa shape index (κ1) is 18.7. The van der Waals surface area contributed by atoms with E-state index in [0.29, 0.717) is 29.2 Å². The van der Waals surface area contributed by atoms with Crippen molar-refractivity contribution in [2.24, 2.45) is 5.92 Å². The first-order chi connectivity index (χ1) is 11.5. The van der Waals surface area contributed by atoms with Gasteiger partial charge in [0.05, 0.1) is 6.61 Å². The van der Waals surface area contributed by atoms with Gasteiger partial charge in [-0.1, -0.05) is 33.1 Å². The van der Waals surface area contributed by atoms with E-state index in [1.165, 1.54) is 19.3 Å². The van der Waals surface area contributed by atoms with E-state index in [2.05, 4.69) is 19.2 Å². The number of rotatable bonds is 5. The SMILES string of the molecule is CC(C)COc1ccc(C(=O)NC(=S)N(C)C2CCCCC2)cc1. The quantitative estimate of drug-likeness (QED) is 0.817. The zero-order valence-corrected chi connectivity index (χ0v) is 15.7. The van der Waals surface area contributed by atoms with Crippen molar-refractivity contribution in [1.29, 1.82) is 0 Å². The molecule has 1 aliphatic rings. The van der Waals surface area contributed by atoms with Crippen molar-refractivity contribution in [2.45, 2.75) is 52.0 Å². The average Bonchev–Trinajstić information content (AvgIpc) is 2.60. The Kier molecular flexibility index (Phi) is 7.03. The van der Waals surface area contributed by atoms with Gasteiger partial charge in [0, 0.05) is 18.7 Å². The summed E-state index contributed by atoms with van der Waals surface area (Å²) in [5.41, 5.74) is 0.589. The summed E-state index contributed by atoms with van der Waals surface area (Å²) in [7, 11) is 1.97. The maximum atomic E-state index is 12.4. The molecule has 0 heterocycles. The Bertz CT molecular complexity index is 551. The number of nitrogens with zero attached hydrogens (tertiary/aromatic N) is 1. The highest BCUT2D eigenvalue weighted by Gasteiger charge is 2.21. The van der Waals surface area contributed by atoms with Crippen LogP contribution in [-0.4, -0.2) is 35.6 Å². The van der Waals surface area contributed by atoms with Gasteiger partial charge < -0.3 is 9.64 Å². The smallest absolute Gasteiger partial charge is 0.257 e. The van der Waals surface area contributed by atoms with Crippen molar-refractivity contribution in [3.8, 4) is 5.75 Å². The van der Waals surface area contributed by atoms with E-state index in [-0.39, 0.29) is 5.91 Å². The molecule has 0 aliphatic heterocycles. The van der Waals surface area contributed by atoms with E-state index in [4.69, 9.17) is 17.0 Å². The van der Waals surface area contributed by atoms with E-state index in [1.807, 2.05) is 24.1 Å². The zero-order valence-electron chi connectivity index (χ0n) is 14.9. The molecule has 1 saturated carbocycles. The van der Waals surface area contributed by atoms with Gasteiger partial charge in [-0.2, -0.15) is 0 Å². The van der Waals surface area contributed by atoms with Crippen LogP contribution in [0.5, 0.6) is 5.75 Å². The molecule has 1 aromatic rings. The Hall–Kier alpha value is -1.62. The Morgan fingerprint density at radius 1 is 1.25 bits per heavy atom. The first-order valence-corrected chi connectivity index (χ1v) is 9.19. The number of thiocarbonyl (C=S) groups is 1. The summed E-state index contributed by atoms with van der Waals surface area (Å²) < 4.78 is 5.64. The largest absolute Gasteiger partial charge is 0.493 e. The molecular formula is C19H28N2O2S. The van der Waals surface area contributed by atoms with Gasteiger partial charge in [-0.15, -0.1) is 0 Å². The number of benzene rings is 1. The van der Waals surface area contributed by atoms with E-state index >= 15 is 0 Å². The fourth-order valence-corrected chi connectivity index (χ4v) is 3.10. The van der Waals surface area contributed by atoms with E-state index in [0.717, 1.165) is 18.6 Å². The number of carbonyl (C=O) groups excluding carboxylic acids is 1. The molecule has 1 aliphatic carbocycles. The second-order valence-corrected chi connectivity index (χ2v) is 7.28. The Labute approximate surface area is 150 Å². The lowest BCUT2D eigenvalue weighted by Crippen LogP contribution is -2.46. The van der Waals surface area contributed by atoms with Gasteiger partial charge >= 0.3 is 0 Å². The summed E-state index contributed by atoms with van der Waals surface area (Å²) in [5.74, 6) is 1.08. The predicted molar refractivity (Wildman–Crippen MR) is 101 cm³/mol. The lowest BCUT2D eigenvalue weighted by atomic mass is 9.95. The van der Waals surface area contributed by atoms with Crippen LogP contribution in [0.15, 0.2) is 24.3 Å². The molecule has 0 radical (unpaired) electrons. The third-order valence-electron chi connectivity index (χ3n) is 4.36. The standard InChI is InChI=1S/C19H28N2O2S/c1-14(2)13-23-17-11-9-15(10-12-17)18(22)20-19(24)21(3)16-7-5-4-6-8-16/h9-12,14,16H,4-8,13H2,1-3H3,(H,20,22,24). The van der Waals surface area contributed by atoms with Crippen molar-refractivity contribution < 1.29 is 9.53 Å². The highest BCUT2D eigenvalue weighted by molar-refractivity contribution is 7.80. The summed E-state index contributed by atoms with van der Waals surface area (Å²) >= 11 is 5.40. The summed E-state index contributed by atoms with van der Waals surface area (Å²) in [4.78, 5) is 14.4. The first-order valence-electron chi connectivity index (χ1n) is 8.78. The maximum absolute atomic E-state index is 12.4. The van der Waals surface area contributed by atoms with Gasteiger partial charge in [-0.25, -0.2) is 0 Å². The molecule has 24 heavy (non-hydrogen) atoms. The second kappa shape index (κ2) is 9.02. The van der Waals surface area contributed by atoms with Crippen molar-refractivity contribution in [1.82, 2.24) is 10.2 Å². The number of hydrogen-bond donors (Lipinski definition) is 1. The monoisotopic (exact) mass is 348 g/mol. The highest BCUT2D eigenvalue weighted by atomic mass is 32.1. The van der Waals surface area contributed by atoms with E-state index in [1.54, 1.807) is 12.1 Å². The van der Waals surface area contributed by atoms with Crippen molar-refractivity contribution in [3.05, 3.63) is 29.8 Å². The van der Waals surface area contributed by atoms with Crippen LogP contribution in [0.3, 0.4) is 0 Å². The molecule has 0 bridgehead atoms. The van der Waals surface area contributed by atoms with Crippen LogP contribution in [0, 0.1) is 5.92 Å². The van der Waals surface area contributed by atoms with Gasteiger partial charge in [0.2, 0.25) is 0 Å². The van der Waals surface area contributed by atoms with Crippen LogP contribution in [0.25, 0.3) is 0 Å². The Morgan fingerprint density at radius 2 is 1.88 bits per heavy atom. The number of nitrogens with one attached hydrogen (secondary N) is 1. The molecule has 0 atom stereocenters. The maximum Gasteiger partial charge on any atom is 0.257 e. The summed E-state index contributed by atoms with van der Waals surface area (Å²) in [5, 5.41) is 3.35. The zero-order chi connectivity index (χ0) is 17.5. The van der Waals surface area contributed by atoms with Crippen LogP contribution in [-0.2, 0) is 0 Å². The van der Waals surface area contributed by atoms with Crippen molar-refractivity contribution >= 4 is 23.2 Å². The van der Waals surface area contributed by atoms with Gasteiger partial charge in [0.1, 0.15) is 5.75 Å². The normalized spacial score (nSPS) is 15.2.